The monoisotopic (exact) mass is 233 g/mol. The van der Waals surface area contributed by atoms with Crippen molar-refractivity contribution in [2.45, 2.75) is 44.7 Å². The van der Waals surface area contributed by atoms with Crippen LogP contribution in [0.5, 0.6) is 0 Å². The zero-order valence-electron chi connectivity index (χ0n) is 10.1. The highest BCUT2D eigenvalue weighted by Gasteiger charge is 2.25. The molecule has 1 aromatic rings. The number of fused-ring (bicyclic) bond motifs is 1. The van der Waals surface area contributed by atoms with Crippen LogP contribution < -0.4 is 5.32 Å². The van der Waals surface area contributed by atoms with Gasteiger partial charge in [-0.1, -0.05) is 37.6 Å². The van der Waals surface area contributed by atoms with Crippen molar-refractivity contribution in [3.05, 3.63) is 35.4 Å². The summed E-state index contributed by atoms with van der Waals surface area (Å²) in [5.74, 6) is -0.734. The highest BCUT2D eigenvalue weighted by Crippen LogP contribution is 2.22. The smallest absolute Gasteiger partial charge is 0.320 e. The van der Waals surface area contributed by atoms with Gasteiger partial charge < -0.3 is 10.4 Å². The van der Waals surface area contributed by atoms with Gasteiger partial charge in [0.25, 0.3) is 0 Å². The molecule has 0 saturated heterocycles. The second-order valence-electron chi connectivity index (χ2n) is 4.72. The SMILES string of the molecule is CCC[C@H](NC1Cc2ccccc2C1)C(=O)O. The Morgan fingerprint density at radius 3 is 2.47 bits per heavy atom. The van der Waals surface area contributed by atoms with Crippen molar-refractivity contribution in [2.24, 2.45) is 0 Å². The largest absolute Gasteiger partial charge is 0.480 e. The summed E-state index contributed by atoms with van der Waals surface area (Å²) in [6, 6.07) is 8.22. The Balaban J connectivity index is 1.96. The average Bonchev–Trinajstić information content (AvgIpc) is 2.70. The lowest BCUT2D eigenvalue weighted by Gasteiger charge is -2.18. The van der Waals surface area contributed by atoms with Crippen molar-refractivity contribution in [1.82, 2.24) is 5.32 Å². The molecule has 0 aliphatic heterocycles. The van der Waals surface area contributed by atoms with E-state index in [1.807, 2.05) is 19.1 Å². The second kappa shape index (κ2) is 5.32. The van der Waals surface area contributed by atoms with Gasteiger partial charge in [0.1, 0.15) is 6.04 Å². The molecule has 0 unspecified atom stereocenters. The van der Waals surface area contributed by atoms with Gasteiger partial charge in [-0.2, -0.15) is 0 Å². The molecular weight excluding hydrogens is 214 g/mol. The minimum atomic E-state index is -0.734. The summed E-state index contributed by atoms with van der Waals surface area (Å²) >= 11 is 0. The minimum Gasteiger partial charge on any atom is -0.480 e. The average molecular weight is 233 g/mol. The number of nitrogens with one attached hydrogen (secondary N) is 1. The molecule has 0 fully saturated rings. The van der Waals surface area contributed by atoms with E-state index in [9.17, 15) is 4.79 Å². The number of hydrogen-bond donors (Lipinski definition) is 2. The summed E-state index contributed by atoms with van der Waals surface area (Å²) < 4.78 is 0. The maximum atomic E-state index is 11.1. The maximum Gasteiger partial charge on any atom is 0.320 e. The zero-order chi connectivity index (χ0) is 12.3. The third-order valence-corrected chi connectivity index (χ3v) is 3.36. The van der Waals surface area contributed by atoms with Crippen molar-refractivity contribution >= 4 is 5.97 Å². The Hall–Kier alpha value is -1.35. The van der Waals surface area contributed by atoms with E-state index in [1.54, 1.807) is 0 Å². The molecule has 2 N–H and O–H groups in total. The lowest BCUT2D eigenvalue weighted by molar-refractivity contribution is -0.139. The van der Waals surface area contributed by atoms with E-state index < -0.39 is 12.0 Å². The topological polar surface area (TPSA) is 49.3 Å². The van der Waals surface area contributed by atoms with E-state index in [-0.39, 0.29) is 6.04 Å². The van der Waals surface area contributed by atoms with Gasteiger partial charge >= 0.3 is 5.97 Å². The molecule has 3 heteroatoms. The number of carbonyl (C=O) groups is 1. The number of rotatable bonds is 5. The fourth-order valence-electron chi connectivity index (χ4n) is 2.53. The van der Waals surface area contributed by atoms with E-state index in [0.29, 0.717) is 6.42 Å². The highest BCUT2D eigenvalue weighted by atomic mass is 16.4. The molecule has 3 nitrogen and oxygen atoms in total. The zero-order valence-corrected chi connectivity index (χ0v) is 10.1. The number of carboxylic acid groups (broad SMARTS) is 1. The van der Waals surface area contributed by atoms with Gasteiger partial charge in [0.2, 0.25) is 0 Å². The van der Waals surface area contributed by atoms with E-state index >= 15 is 0 Å². The lowest BCUT2D eigenvalue weighted by atomic mass is 10.1. The van der Waals surface area contributed by atoms with Gasteiger partial charge in [-0.05, 0) is 30.4 Å². The van der Waals surface area contributed by atoms with Crippen LogP contribution in [0.3, 0.4) is 0 Å². The van der Waals surface area contributed by atoms with Crippen LogP contribution in [0.2, 0.25) is 0 Å². The van der Waals surface area contributed by atoms with Crippen LogP contribution >= 0.6 is 0 Å². The molecule has 0 spiro atoms. The predicted molar refractivity (Wildman–Crippen MR) is 67.1 cm³/mol. The Bertz CT molecular complexity index is 378. The van der Waals surface area contributed by atoms with Crippen LogP contribution in [0.25, 0.3) is 0 Å². The number of aliphatic carboxylic acids is 1. The summed E-state index contributed by atoms with van der Waals surface area (Å²) in [4.78, 5) is 11.1. The first kappa shape index (κ1) is 12.1. The second-order valence-corrected chi connectivity index (χ2v) is 4.72. The van der Waals surface area contributed by atoms with E-state index in [1.165, 1.54) is 11.1 Å². The third kappa shape index (κ3) is 2.86. The molecule has 0 saturated carbocycles. The predicted octanol–water partition coefficient (Wildman–Crippen LogP) is 2.00. The van der Waals surface area contributed by atoms with Crippen molar-refractivity contribution in [1.29, 1.82) is 0 Å². The molecule has 0 aromatic heterocycles. The molecule has 2 rings (SSSR count). The summed E-state index contributed by atoms with van der Waals surface area (Å²) in [6.45, 7) is 2.01. The Morgan fingerprint density at radius 1 is 1.41 bits per heavy atom. The lowest BCUT2D eigenvalue weighted by Crippen LogP contribution is -2.43. The molecule has 0 heterocycles. The van der Waals surface area contributed by atoms with Gasteiger partial charge in [0, 0.05) is 6.04 Å². The first-order valence-corrected chi connectivity index (χ1v) is 6.26. The van der Waals surface area contributed by atoms with Gasteiger partial charge in [0.05, 0.1) is 0 Å². The van der Waals surface area contributed by atoms with E-state index in [0.717, 1.165) is 19.3 Å². The fraction of sp³-hybridized carbons (Fsp3) is 0.500. The highest BCUT2D eigenvalue weighted by molar-refractivity contribution is 5.73. The fourth-order valence-corrected chi connectivity index (χ4v) is 2.53. The molecule has 0 amide bonds. The molecule has 92 valence electrons. The molecule has 1 aliphatic rings. The van der Waals surface area contributed by atoms with Gasteiger partial charge in [-0.15, -0.1) is 0 Å². The third-order valence-electron chi connectivity index (χ3n) is 3.36. The van der Waals surface area contributed by atoms with Gasteiger partial charge in [-0.25, -0.2) is 0 Å². The molecule has 17 heavy (non-hydrogen) atoms. The minimum absolute atomic E-state index is 0.278. The quantitative estimate of drug-likeness (QED) is 0.817. The van der Waals surface area contributed by atoms with Gasteiger partial charge in [-0.3, -0.25) is 4.79 Å². The van der Waals surface area contributed by atoms with Crippen LogP contribution in [0, 0.1) is 0 Å². The van der Waals surface area contributed by atoms with Crippen LogP contribution in [0.1, 0.15) is 30.9 Å². The molecule has 0 bridgehead atoms. The number of carboxylic acids is 1. The van der Waals surface area contributed by atoms with Crippen molar-refractivity contribution < 1.29 is 9.90 Å². The molecule has 1 atom stereocenters. The standard InChI is InChI=1S/C14H19NO2/c1-2-5-13(14(16)17)15-12-8-10-6-3-4-7-11(10)9-12/h3-4,6-7,12-13,15H,2,5,8-9H2,1H3,(H,16,17)/t13-/m0/s1. The van der Waals surface area contributed by atoms with Crippen LogP contribution in [0.4, 0.5) is 0 Å². The Labute approximate surface area is 102 Å². The first-order valence-electron chi connectivity index (χ1n) is 6.26. The molecule has 1 aliphatic carbocycles. The van der Waals surface area contributed by atoms with Crippen LogP contribution in [0.15, 0.2) is 24.3 Å². The summed E-state index contributed by atoms with van der Waals surface area (Å²) in [6.07, 6.45) is 3.49. The Morgan fingerprint density at radius 2 is 2.00 bits per heavy atom. The summed E-state index contributed by atoms with van der Waals surface area (Å²) in [7, 11) is 0. The van der Waals surface area contributed by atoms with E-state index in [4.69, 9.17) is 5.11 Å². The molecule has 1 aromatic carbocycles. The number of hydrogen-bond acceptors (Lipinski definition) is 2. The van der Waals surface area contributed by atoms with Crippen molar-refractivity contribution in [2.75, 3.05) is 0 Å². The van der Waals surface area contributed by atoms with E-state index in [2.05, 4.69) is 17.4 Å². The van der Waals surface area contributed by atoms with Gasteiger partial charge in [0.15, 0.2) is 0 Å². The normalized spacial score (nSPS) is 16.8. The maximum absolute atomic E-state index is 11.1. The molecular formula is C14H19NO2. The van der Waals surface area contributed by atoms with Crippen LogP contribution in [-0.2, 0) is 17.6 Å². The summed E-state index contributed by atoms with van der Waals surface area (Å²) in [5, 5.41) is 12.4. The van der Waals surface area contributed by atoms with Crippen LogP contribution in [-0.4, -0.2) is 23.2 Å². The van der Waals surface area contributed by atoms with Crippen molar-refractivity contribution in [3.63, 3.8) is 0 Å². The molecule has 0 radical (unpaired) electrons. The Kier molecular flexibility index (Phi) is 3.79. The number of benzene rings is 1. The van der Waals surface area contributed by atoms with Crippen molar-refractivity contribution in [3.8, 4) is 0 Å². The first-order chi connectivity index (χ1) is 8.20. The summed E-state index contributed by atoms with van der Waals surface area (Å²) in [5.41, 5.74) is 2.70.